The van der Waals surface area contributed by atoms with E-state index in [0.29, 0.717) is 36.4 Å². The quantitative estimate of drug-likeness (QED) is 0.503. The van der Waals surface area contributed by atoms with E-state index in [1.807, 2.05) is 35.2 Å². The van der Waals surface area contributed by atoms with Crippen LogP contribution in [-0.4, -0.2) is 21.3 Å². The summed E-state index contributed by atoms with van der Waals surface area (Å²) in [5, 5.41) is 0. The highest BCUT2D eigenvalue weighted by Gasteiger charge is 2.24. The molecule has 0 aliphatic heterocycles. The van der Waals surface area contributed by atoms with E-state index in [9.17, 15) is 8.42 Å². The van der Waals surface area contributed by atoms with Gasteiger partial charge in [-0.3, -0.25) is 4.72 Å². The number of rotatable bonds is 8. The molecule has 1 fully saturated rings. The van der Waals surface area contributed by atoms with Crippen LogP contribution >= 0.6 is 0 Å². The molecule has 168 valence electrons. The highest BCUT2D eigenvalue weighted by molar-refractivity contribution is 7.92. The highest BCUT2D eigenvalue weighted by Crippen LogP contribution is 2.36. The summed E-state index contributed by atoms with van der Waals surface area (Å²) in [4.78, 5) is 0. The standard InChI is InChI=1S/C26H30N2O3S/c1-32(29,30)27-25-16-17-28(18-21-8-4-2-5-9-21)19-26(25)31-20-22-12-14-24(15-13-22)23-10-6-3-7-11-23/h2-11,16-17,19,22,24H,12-15,18,20H2,1H3/p+1. The number of hydrogen-bond donors (Lipinski definition) is 1. The van der Waals surface area contributed by atoms with Crippen LogP contribution in [0.25, 0.3) is 0 Å². The number of pyridine rings is 1. The van der Waals surface area contributed by atoms with E-state index in [4.69, 9.17) is 4.74 Å². The van der Waals surface area contributed by atoms with Crippen molar-refractivity contribution < 1.29 is 17.7 Å². The molecular formula is C26H31N2O3S+. The zero-order valence-corrected chi connectivity index (χ0v) is 19.3. The molecule has 3 aromatic rings. The Morgan fingerprint density at radius 1 is 0.938 bits per heavy atom. The molecule has 1 heterocycles. The van der Waals surface area contributed by atoms with Gasteiger partial charge in [0.25, 0.3) is 0 Å². The maximum Gasteiger partial charge on any atom is 0.229 e. The lowest BCUT2D eigenvalue weighted by atomic mass is 9.79. The maximum atomic E-state index is 11.8. The molecule has 1 N–H and O–H groups in total. The van der Waals surface area contributed by atoms with Crippen molar-refractivity contribution in [2.45, 2.75) is 38.1 Å². The minimum absolute atomic E-state index is 0.476. The monoisotopic (exact) mass is 451 g/mol. The van der Waals surface area contributed by atoms with Crippen LogP contribution in [0, 0.1) is 5.92 Å². The third-order valence-corrected chi connectivity index (χ3v) is 6.67. The second kappa shape index (κ2) is 10.2. The number of nitrogens with one attached hydrogen (secondary N) is 1. The van der Waals surface area contributed by atoms with Gasteiger partial charge in [-0.1, -0.05) is 60.7 Å². The van der Waals surface area contributed by atoms with Crippen molar-refractivity contribution in [1.82, 2.24) is 0 Å². The molecule has 5 nitrogen and oxygen atoms in total. The van der Waals surface area contributed by atoms with Crippen molar-refractivity contribution in [3.63, 3.8) is 0 Å². The van der Waals surface area contributed by atoms with Gasteiger partial charge in [0.1, 0.15) is 5.69 Å². The number of hydrogen-bond acceptors (Lipinski definition) is 3. The summed E-state index contributed by atoms with van der Waals surface area (Å²) in [5.74, 6) is 1.67. The fourth-order valence-corrected chi connectivity index (χ4v) is 4.97. The Labute approximate surface area is 191 Å². The predicted molar refractivity (Wildman–Crippen MR) is 127 cm³/mol. The number of aromatic nitrogens is 1. The van der Waals surface area contributed by atoms with Crippen molar-refractivity contribution in [3.8, 4) is 5.75 Å². The van der Waals surface area contributed by atoms with Crippen molar-refractivity contribution in [1.29, 1.82) is 0 Å². The van der Waals surface area contributed by atoms with Crippen molar-refractivity contribution in [3.05, 3.63) is 90.3 Å². The van der Waals surface area contributed by atoms with Crippen LogP contribution in [0.3, 0.4) is 0 Å². The molecule has 2 aromatic carbocycles. The van der Waals surface area contributed by atoms with Gasteiger partial charge in [-0.25, -0.2) is 8.42 Å². The molecule has 6 heteroatoms. The minimum Gasteiger partial charge on any atom is -0.486 e. The van der Waals surface area contributed by atoms with Gasteiger partial charge in [-0.2, -0.15) is 4.57 Å². The molecule has 1 aliphatic rings. The third-order valence-electron chi connectivity index (χ3n) is 6.08. The molecule has 1 aliphatic carbocycles. The van der Waals surface area contributed by atoms with E-state index in [1.165, 1.54) is 11.1 Å². The van der Waals surface area contributed by atoms with Gasteiger partial charge in [-0.05, 0) is 43.1 Å². The van der Waals surface area contributed by atoms with Gasteiger partial charge in [0.15, 0.2) is 12.7 Å². The Bertz CT molecular complexity index is 1110. The largest absolute Gasteiger partial charge is 0.486 e. The number of ether oxygens (including phenoxy) is 1. The summed E-state index contributed by atoms with van der Waals surface area (Å²) in [6.45, 7) is 1.29. The molecule has 0 amide bonds. The second-order valence-electron chi connectivity index (χ2n) is 8.69. The Balaban J connectivity index is 1.42. The summed E-state index contributed by atoms with van der Waals surface area (Å²) >= 11 is 0. The average molecular weight is 452 g/mol. The van der Waals surface area contributed by atoms with Gasteiger partial charge >= 0.3 is 0 Å². The number of anilines is 1. The maximum absolute atomic E-state index is 11.8. The zero-order valence-electron chi connectivity index (χ0n) is 18.5. The fraction of sp³-hybridized carbons (Fsp3) is 0.346. The predicted octanol–water partition coefficient (Wildman–Crippen LogP) is 4.75. The summed E-state index contributed by atoms with van der Waals surface area (Å²) in [7, 11) is -3.39. The van der Waals surface area contributed by atoms with Crippen LogP contribution in [0.2, 0.25) is 0 Å². The van der Waals surface area contributed by atoms with E-state index >= 15 is 0 Å². The van der Waals surface area contributed by atoms with Gasteiger partial charge in [0.2, 0.25) is 22.0 Å². The van der Waals surface area contributed by atoms with Crippen LogP contribution in [-0.2, 0) is 16.6 Å². The number of nitrogens with zero attached hydrogens (tertiary/aromatic N) is 1. The van der Waals surface area contributed by atoms with Crippen molar-refractivity contribution in [2.75, 3.05) is 17.6 Å². The van der Waals surface area contributed by atoms with Crippen LogP contribution in [0.4, 0.5) is 5.69 Å². The van der Waals surface area contributed by atoms with Crippen LogP contribution in [0.5, 0.6) is 5.75 Å². The molecule has 1 aromatic heterocycles. The van der Waals surface area contributed by atoms with Crippen molar-refractivity contribution in [2.24, 2.45) is 5.92 Å². The van der Waals surface area contributed by atoms with Crippen LogP contribution < -0.4 is 14.0 Å². The molecule has 0 atom stereocenters. The lowest BCUT2D eigenvalue weighted by Crippen LogP contribution is -2.34. The zero-order chi connectivity index (χ0) is 22.4. The van der Waals surface area contributed by atoms with Gasteiger partial charge in [-0.15, -0.1) is 0 Å². The molecular weight excluding hydrogens is 420 g/mol. The number of benzene rings is 2. The SMILES string of the molecule is CS(=O)(=O)Nc1cc[n+](Cc2ccccc2)cc1OCC1CCC(c2ccccc2)CC1. The first-order chi connectivity index (χ1) is 15.5. The Morgan fingerprint density at radius 3 is 2.25 bits per heavy atom. The first-order valence-electron chi connectivity index (χ1n) is 11.2. The molecule has 0 bridgehead atoms. The van der Waals surface area contributed by atoms with Crippen LogP contribution in [0.1, 0.15) is 42.7 Å². The molecule has 0 unspecified atom stereocenters. The lowest BCUT2D eigenvalue weighted by molar-refractivity contribution is -0.688. The fourth-order valence-electron chi connectivity index (χ4n) is 4.40. The Hall–Kier alpha value is -2.86. The first kappa shape index (κ1) is 22.3. The normalized spacial score (nSPS) is 18.8. The smallest absolute Gasteiger partial charge is 0.229 e. The Kier molecular flexibility index (Phi) is 7.10. The van der Waals surface area contributed by atoms with E-state index in [0.717, 1.165) is 31.9 Å². The molecule has 0 spiro atoms. The van der Waals surface area contributed by atoms with Gasteiger partial charge in [0.05, 0.1) is 12.9 Å². The summed E-state index contributed by atoms with van der Waals surface area (Å²) in [6, 6.07) is 22.7. The average Bonchev–Trinajstić information content (AvgIpc) is 2.80. The summed E-state index contributed by atoms with van der Waals surface area (Å²) in [6.07, 6.45) is 9.47. The Morgan fingerprint density at radius 2 is 1.59 bits per heavy atom. The highest BCUT2D eigenvalue weighted by atomic mass is 32.2. The van der Waals surface area contributed by atoms with E-state index < -0.39 is 10.0 Å². The third kappa shape index (κ3) is 6.33. The topological polar surface area (TPSA) is 59.3 Å². The molecule has 4 rings (SSSR count). The lowest BCUT2D eigenvalue weighted by Gasteiger charge is -2.28. The van der Waals surface area contributed by atoms with E-state index in [2.05, 4.69) is 47.2 Å². The molecule has 32 heavy (non-hydrogen) atoms. The number of sulfonamides is 1. The molecule has 1 saturated carbocycles. The van der Waals surface area contributed by atoms with E-state index in [-0.39, 0.29) is 0 Å². The summed E-state index contributed by atoms with van der Waals surface area (Å²) in [5.41, 5.74) is 3.08. The first-order valence-corrected chi connectivity index (χ1v) is 13.1. The van der Waals surface area contributed by atoms with E-state index in [1.54, 1.807) is 6.07 Å². The molecule has 0 saturated heterocycles. The second-order valence-corrected chi connectivity index (χ2v) is 10.4. The van der Waals surface area contributed by atoms with Gasteiger partial charge in [0, 0.05) is 11.6 Å². The van der Waals surface area contributed by atoms with Crippen LogP contribution in [0.15, 0.2) is 79.1 Å². The summed E-state index contributed by atoms with van der Waals surface area (Å²) < 4.78 is 34.5. The molecule has 0 radical (unpaired) electrons. The minimum atomic E-state index is -3.39. The van der Waals surface area contributed by atoms with Crippen molar-refractivity contribution >= 4 is 15.7 Å². The van der Waals surface area contributed by atoms with Gasteiger partial charge < -0.3 is 4.74 Å².